The molecule has 156 valence electrons. The van der Waals surface area contributed by atoms with Crippen LogP contribution in [0.4, 0.5) is 0 Å². The molecule has 0 bridgehead atoms. The van der Waals surface area contributed by atoms with Crippen LogP contribution in [0.15, 0.2) is 84.9 Å². The van der Waals surface area contributed by atoms with E-state index in [0.29, 0.717) is 31.8 Å². The smallest absolute Gasteiger partial charge is 0.350 e. The summed E-state index contributed by atoms with van der Waals surface area (Å²) >= 11 is 0. The van der Waals surface area contributed by atoms with Gasteiger partial charge in [-0.15, -0.1) is 0 Å². The van der Waals surface area contributed by atoms with Crippen molar-refractivity contribution < 1.29 is 19.0 Å². The van der Waals surface area contributed by atoms with Crippen LogP contribution in [0, 0.1) is 0 Å². The summed E-state index contributed by atoms with van der Waals surface area (Å²) in [4.78, 5) is 12.6. The van der Waals surface area contributed by atoms with Crippen molar-refractivity contribution in [2.24, 2.45) is 0 Å². The van der Waals surface area contributed by atoms with Gasteiger partial charge in [-0.1, -0.05) is 60.7 Å². The van der Waals surface area contributed by atoms with Gasteiger partial charge in [-0.25, -0.2) is 4.79 Å². The Morgan fingerprint density at radius 1 is 0.800 bits per heavy atom. The molecule has 0 spiro atoms. The molecular formula is C26H28O4. The molecule has 3 aromatic carbocycles. The van der Waals surface area contributed by atoms with Crippen molar-refractivity contribution in [1.82, 2.24) is 0 Å². The van der Waals surface area contributed by atoms with Gasteiger partial charge in [-0.2, -0.15) is 0 Å². The summed E-state index contributed by atoms with van der Waals surface area (Å²) in [5, 5.41) is 0. The van der Waals surface area contributed by atoms with Crippen LogP contribution in [0.25, 0.3) is 0 Å². The van der Waals surface area contributed by atoms with Gasteiger partial charge in [-0.3, -0.25) is 0 Å². The Kier molecular flexibility index (Phi) is 7.50. The molecule has 0 aliphatic carbocycles. The zero-order chi connectivity index (χ0) is 21.2. The Labute approximate surface area is 178 Å². The summed E-state index contributed by atoms with van der Waals surface area (Å²) in [7, 11) is 0. The minimum absolute atomic E-state index is 0.319. The van der Waals surface area contributed by atoms with Crippen molar-refractivity contribution in [2.45, 2.75) is 38.9 Å². The van der Waals surface area contributed by atoms with Crippen molar-refractivity contribution in [3.05, 3.63) is 96.1 Å². The summed E-state index contributed by atoms with van der Waals surface area (Å²) in [5.41, 5.74) is 1.18. The van der Waals surface area contributed by atoms with Gasteiger partial charge in [-0.05, 0) is 55.7 Å². The Morgan fingerprint density at radius 2 is 1.43 bits per heavy atom. The van der Waals surface area contributed by atoms with E-state index in [-0.39, 0.29) is 5.97 Å². The number of esters is 1. The molecule has 0 saturated carbocycles. The van der Waals surface area contributed by atoms with Gasteiger partial charge < -0.3 is 14.2 Å². The number of aryl methyl sites for hydroxylation is 1. The fourth-order valence-electron chi connectivity index (χ4n) is 3.10. The summed E-state index contributed by atoms with van der Waals surface area (Å²) in [6.07, 6.45) is 1.19. The average molecular weight is 405 g/mol. The molecule has 0 saturated heterocycles. The zero-order valence-corrected chi connectivity index (χ0v) is 17.5. The molecule has 4 heteroatoms. The molecule has 0 radical (unpaired) electrons. The number of carbonyl (C=O) groups is 1. The molecule has 30 heavy (non-hydrogen) atoms. The number of hydrogen-bond donors (Lipinski definition) is 0. The molecule has 0 heterocycles. The normalized spacial score (nSPS) is 12.6. The van der Waals surface area contributed by atoms with Crippen molar-refractivity contribution in [1.29, 1.82) is 0 Å². The predicted octanol–water partition coefficient (Wildman–Crippen LogP) is 5.60. The Balaban J connectivity index is 1.61. The molecule has 1 atom stereocenters. The minimum atomic E-state index is -1.06. The maximum atomic E-state index is 12.6. The second-order valence-electron chi connectivity index (χ2n) is 7.28. The lowest BCUT2D eigenvalue weighted by Crippen LogP contribution is -2.43. The number of ether oxygens (including phenoxy) is 3. The minimum Gasteiger partial charge on any atom is -0.489 e. The lowest BCUT2D eigenvalue weighted by atomic mass is 9.96. The van der Waals surface area contributed by atoms with Gasteiger partial charge in [0.05, 0.1) is 6.61 Å². The second-order valence-corrected chi connectivity index (χ2v) is 7.28. The highest BCUT2D eigenvalue weighted by Gasteiger charge is 2.37. The van der Waals surface area contributed by atoms with E-state index < -0.39 is 5.60 Å². The Morgan fingerprint density at radius 3 is 2.07 bits per heavy atom. The summed E-state index contributed by atoms with van der Waals surface area (Å²) in [6.45, 7) is 4.44. The third kappa shape index (κ3) is 6.11. The molecule has 0 N–H and O–H groups in total. The fourth-order valence-corrected chi connectivity index (χ4v) is 3.10. The molecule has 0 aliphatic rings. The van der Waals surface area contributed by atoms with E-state index in [1.165, 1.54) is 0 Å². The maximum absolute atomic E-state index is 12.6. The fraction of sp³-hybridized carbons (Fsp3) is 0.269. The van der Waals surface area contributed by atoms with Crippen LogP contribution >= 0.6 is 0 Å². The van der Waals surface area contributed by atoms with Crippen LogP contribution in [0.2, 0.25) is 0 Å². The molecule has 0 aliphatic heterocycles. The van der Waals surface area contributed by atoms with Crippen LogP contribution in [-0.2, 0) is 22.6 Å². The van der Waals surface area contributed by atoms with Gasteiger partial charge in [0.1, 0.15) is 18.1 Å². The third-order valence-electron chi connectivity index (χ3n) is 4.86. The second kappa shape index (κ2) is 10.5. The zero-order valence-electron chi connectivity index (χ0n) is 17.5. The first kappa shape index (κ1) is 21.4. The monoisotopic (exact) mass is 404 g/mol. The Hall–Kier alpha value is -3.27. The van der Waals surface area contributed by atoms with E-state index in [1.54, 1.807) is 13.8 Å². The van der Waals surface area contributed by atoms with Gasteiger partial charge in [0.25, 0.3) is 0 Å². The number of rotatable bonds is 10. The lowest BCUT2D eigenvalue weighted by Gasteiger charge is -2.28. The van der Waals surface area contributed by atoms with Crippen molar-refractivity contribution in [2.75, 3.05) is 6.61 Å². The largest absolute Gasteiger partial charge is 0.489 e. The highest BCUT2D eigenvalue weighted by molar-refractivity contribution is 5.79. The van der Waals surface area contributed by atoms with E-state index in [0.717, 1.165) is 16.9 Å². The highest BCUT2D eigenvalue weighted by Crippen LogP contribution is 2.25. The van der Waals surface area contributed by atoms with Crippen LogP contribution in [0.3, 0.4) is 0 Å². The molecule has 3 aromatic rings. The first-order valence-corrected chi connectivity index (χ1v) is 10.3. The van der Waals surface area contributed by atoms with Gasteiger partial charge in [0.15, 0.2) is 0 Å². The average Bonchev–Trinajstić information content (AvgIpc) is 2.78. The molecule has 0 fully saturated rings. The number of carbonyl (C=O) groups excluding carboxylic acids is 1. The summed E-state index contributed by atoms with van der Waals surface area (Å²) < 4.78 is 17.2. The summed E-state index contributed by atoms with van der Waals surface area (Å²) in [5.74, 6) is 1.12. The molecule has 3 rings (SSSR count). The predicted molar refractivity (Wildman–Crippen MR) is 118 cm³/mol. The van der Waals surface area contributed by atoms with Crippen molar-refractivity contribution >= 4 is 5.97 Å². The van der Waals surface area contributed by atoms with E-state index in [1.807, 2.05) is 84.9 Å². The first-order chi connectivity index (χ1) is 14.6. The molecule has 0 aromatic heterocycles. The third-order valence-corrected chi connectivity index (χ3v) is 4.86. The van der Waals surface area contributed by atoms with Crippen molar-refractivity contribution in [3.8, 4) is 11.5 Å². The van der Waals surface area contributed by atoms with E-state index in [4.69, 9.17) is 14.2 Å². The molecule has 1 unspecified atom stereocenters. The molecular weight excluding hydrogens is 376 g/mol. The lowest BCUT2D eigenvalue weighted by molar-refractivity contribution is -0.160. The number of benzene rings is 3. The molecule has 0 amide bonds. The topological polar surface area (TPSA) is 44.8 Å². The van der Waals surface area contributed by atoms with Crippen LogP contribution in [0.5, 0.6) is 11.5 Å². The standard InChI is InChI=1S/C26H28O4/c1-3-28-25(27)26(2,30-24-12-8-5-9-13-24)19-18-21-14-16-23(17-15-21)29-20-22-10-6-4-7-11-22/h4-17H,3,18-20H2,1-2H3. The SMILES string of the molecule is CCOC(=O)C(C)(CCc1ccc(OCc2ccccc2)cc1)Oc1ccccc1. The van der Waals surface area contributed by atoms with E-state index in [2.05, 4.69) is 0 Å². The van der Waals surface area contributed by atoms with Gasteiger partial charge in [0.2, 0.25) is 5.60 Å². The summed E-state index contributed by atoms with van der Waals surface area (Å²) in [6, 6.07) is 27.4. The van der Waals surface area contributed by atoms with E-state index in [9.17, 15) is 4.79 Å². The van der Waals surface area contributed by atoms with Gasteiger partial charge in [0, 0.05) is 6.42 Å². The van der Waals surface area contributed by atoms with Crippen LogP contribution < -0.4 is 9.47 Å². The number of para-hydroxylation sites is 1. The quantitative estimate of drug-likeness (QED) is 0.413. The highest BCUT2D eigenvalue weighted by atomic mass is 16.6. The number of hydrogen-bond acceptors (Lipinski definition) is 4. The van der Waals surface area contributed by atoms with Crippen LogP contribution in [-0.4, -0.2) is 18.2 Å². The first-order valence-electron chi connectivity index (χ1n) is 10.3. The Bertz CT molecular complexity index is 907. The van der Waals surface area contributed by atoms with Crippen molar-refractivity contribution in [3.63, 3.8) is 0 Å². The van der Waals surface area contributed by atoms with Gasteiger partial charge >= 0.3 is 5.97 Å². The maximum Gasteiger partial charge on any atom is 0.350 e. The molecule has 4 nitrogen and oxygen atoms in total. The van der Waals surface area contributed by atoms with E-state index >= 15 is 0 Å². The van der Waals surface area contributed by atoms with Crippen LogP contribution in [0.1, 0.15) is 31.4 Å².